The number of hydrogen-bond acceptors (Lipinski definition) is 10. The quantitative estimate of drug-likeness (QED) is 0.254. The highest BCUT2D eigenvalue weighted by Crippen LogP contribution is 2.44. The fourth-order valence-electron chi connectivity index (χ4n) is 9.52. The molecule has 0 spiro atoms. The number of carbonyl (C=O) groups is 4. The summed E-state index contributed by atoms with van der Waals surface area (Å²) in [5, 5.41) is 19.9. The van der Waals surface area contributed by atoms with Crippen LogP contribution in [-0.4, -0.2) is 122 Å². The fourth-order valence-corrected chi connectivity index (χ4v) is 10.1. The van der Waals surface area contributed by atoms with Gasteiger partial charge in [-0.25, -0.2) is 4.79 Å². The maximum Gasteiger partial charge on any atom is 0.417 e. The number of fused-ring (bicyclic) bond motifs is 1. The summed E-state index contributed by atoms with van der Waals surface area (Å²) in [6.45, 7) is 11.0. The summed E-state index contributed by atoms with van der Waals surface area (Å²) in [7, 11) is 1.75. The molecule has 0 bridgehead atoms. The third kappa shape index (κ3) is 8.37. The molecule has 4 amide bonds. The number of aryl methyl sites for hydroxylation is 1. The number of halogens is 3. The molecule has 60 heavy (non-hydrogen) atoms. The van der Waals surface area contributed by atoms with Crippen molar-refractivity contribution in [1.29, 1.82) is 5.26 Å². The van der Waals surface area contributed by atoms with Gasteiger partial charge in [0.2, 0.25) is 11.8 Å². The molecule has 1 aromatic heterocycles. The summed E-state index contributed by atoms with van der Waals surface area (Å²) in [6.07, 6.45) is -1.59. The van der Waals surface area contributed by atoms with Crippen LogP contribution in [0.3, 0.4) is 0 Å². The van der Waals surface area contributed by atoms with Crippen molar-refractivity contribution in [1.82, 2.24) is 29.8 Å². The average Bonchev–Trinajstić information content (AvgIpc) is 3.61. The van der Waals surface area contributed by atoms with E-state index < -0.39 is 34.8 Å². The molecule has 4 fully saturated rings. The van der Waals surface area contributed by atoms with Crippen LogP contribution in [0.4, 0.5) is 29.5 Å². The topological polar surface area (TPSA) is 156 Å². The smallest absolute Gasteiger partial charge is 0.377 e. The molecule has 2 N–H and O–H groups in total. The van der Waals surface area contributed by atoms with E-state index in [-0.39, 0.29) is 66.9 Å². The molecule has 4 heterocycles. The second-order valence-electron chi connectivity index (χ2n) is 16.9. The Kier molecular flexibility index (Phi) is 12.1. The minimum atomic E-state index is -4.74. The highest BCUT2D eigenvalue weighted by molar-refractivity contribution is 7.80. The van der Waals surface area contributed by atoms with Crippen LogP contribution in [0.5, 0.6) is 0 Å². The number of imide groups is 1. The van der Waals surface area contributed by atoms with Crippen molar-refractivity contribution >= 4 is 63.2 Å². The Labute approximate surface area is 351 Å². The van der Waals surface area contributed by atoms with Crippen LogP contribution in [0.25, 0.3) is 10.9 Å². The Balaban J connectivity index is 0.884. The van der Waals surface area contributed by atoms with Crippen molar-refractivity contribution in [3.8, 4) is 6.07 Å². The number of likely N-dealkylation sites (tertiary alicyclic amines) is 1. The Morgan fingerprint density at radius 1 is 1.08 bits per heavy atom. The summed E-state index contributed by atoms with van der Waals surface area (Å²) in [4.78, 5) is 59.7. The minimum absolute atomic E-state index is 0.0286. The maximum absolute atomic E-state index is 13.8. The molecule has 18 heteroatoms. The van der Waals surface area contributed by atoms with Gasteiger partial charge in [0.15, 0.2) is 11.6 Å². The van der Waals surface area contributed by atoms with E-state index in [0.29, 0.717) is 34.0 Å². The van der Waals surface area contributed by atoms with Gasteiger partial charge in [0, 0.05) is 63.2 Å². The number of amides is 4. The summed E-state index contributed by atoms with van der Waals surface area (Å²) in [5.41, 5.74) is -1.17. The van der Waals surface area contributed by atoms with E-state index >= 15 is 0 Å². The normalized spacial score (nSPS) is 25.5. The van der Waals surface area contributed by atoms with Gasteiger partial charge in [-0.2, -0.15) is 23.5 Å². The number of aromatic nitrogens is 2. The van der Waals surface area contributed by atoms with Gasteiger partial charge < -0.3 is 15.0 Å². The summed E-state index contributed by atoms with van der Waals surface area (Å²) >= 11 is 5.82. The SMILES string of the molecule is C[C@@H]1CN(CCO[C@H]2CC[C@H](N3C(=S)C(c4ccc(C#N)c(C(F)(F)F)c4)C(=O)C3(C)C)CC2)C[C@H](C)N1CC(=O)Nc1cccc2c(N3CCC(=O)NC3=O)nn(C)c12. The third-order valence-corrected chi connectivity index (χ3v) is 12.9. The second kappa shape index (κ2) is 16.8. The summed E-state index contributed by atoms with van der Waals surface area (Å²) in [6, 6.07) is 10.0. The molecule has 3 saturated heterocycles. The van der Waals surface area contributed by atoms with Gasteiger partial charge in [-0.05, 0) is 83.2 Å². The zero-order valence-corrected chi connectivity index (χ0v) is 35.2. The Hall–Kier alpha value is -4.96. The molecular formula is C42H50F3N9O5S. The first-order valence-corrected chi connectivity index (χ1v) is 20.7. The van der Waals surface area contributed by atoms with E-state index in [4.69, 9.17) is 17.0 Å². The first kappa shape index (κ1) is 43.1. The van der Waals surface area contributed by atoms with Gasteiger partial charge >= 0.3 is 12.2 Å². The predicted molar refractivity (Wildman–Crippen MR) is 221 cm³/mol. The standard InChI is InChI=1S/C42H50F3N9O5S/c1-24-21-51(22-25(2)53(24)23-34(56)47-32-8-6-7-30-36(32)50(5)49-38(30)52-16-15-33(55)48-40(52)58)17-18-59-29-13-11-28(12-14-29)54-39(60)35(37(57)41(54,3)4)26-9-10-27(20-46)31(19-26)42(43,44)45/h6-10,19,24-25,28-29,35H,11-18,21-23H2,1-5H3,(H,47,56)(H,48,55,58)/t24-,25+,28-,29-,35?. The number of nitrogens with one attached hydrogen (secondary N) is 2. The lowest BCUT2D eigenvalue weighted by Gasteiger charge is -2.44. The van der Waals surface area contributed by atoms with Gasteiger partial charge in [0.25, 0.3) is 0 Å². The number of urea groups is 1. The molecule has 3 atom stereocenters. The predicted octanol–water partition coefficient (Wildman–Crippen LogP) is 5.35. The van der Waals surface area contributed by atoms with Crippen molar-refractivity contribution in [3.05, 3.63) is 53.1 Å². The number of ether oxygens (including phenoxy) is 1. The Morgan fingerprint density at radius 2 is 1.78 bits per heavy atom. The maximum atomic E-state index is 13.8. The van der Waals surface area contributed by atoms with Crippen LogP contribution in [0, 0.1) is 11.3 Å². The number of Topliss-reactive ketones (excluding diaryl/α,β-unsaturated/α-hetero) is 1. The van der Waals surface area contributed by atoms with E-state index in [1.165, 1.54) is 11.0 Å². The number of anilines is 2. The van der Waals surface area contributed by atoms with E-state index in [2.05, 4.69) is 39.4 Å². The van der Waals surface area contributed by atoms with Crippen molar-refractivity contribution in [2.75, 3.05) is 49.5 Å². The van der Waals surface area contributed by atoms with Crippen molar-refractivity contribution < 1.29 is 37.1 Å². The van der Waals surface area contributed by atoms with Crippen molar-refractivity contribution in [3.63, 3.8) is 0 Å². The zero-order valence-electron chi connectivity index (χ0n) is 34.3. The first-order chi connectivity index (χ1) is 28.4. The molecule has 1 saturated carbocycles. The molecule has 320 valence electrons. The molecule has 7 rings (SSSR count). The van der Waals surface area contributed by atoms with E-state index in [1.54, 1.807) is 43.8 Å². The number of carbonyl (C=O) groups excluding carboxylic acids is 4. The Morgan fingerprint density at radius 3 is 2.43 bits per heavy atom. The summed E-state index contributed by atoms with van der Waals surface area (Å²) in [5.74, 6) is -1.33. The summed E-state index contributed by atoms with van der Waals surface area (Å²) < 4.78 is 49.3. The van der Waals surface area contributed by atoms with Gasteiger partial charge in [0.1, 0.15) is 0 Å². The highest BCUT2D eigenvalue weighted by Gasteiger charge is 2.53. The fraction of sp³-hybridized carbons (Fsp3) is 0.548. The van der Waals surface area contributed by atoms with Crippen LogP contribution in [0.1, 0.15) is 82.4 Å². The van der Waals surface area contributed by atoms with E-state index in [0.717, 1.165) is 57.5 Å². The number of alkyl halides is 3. The molecule has 3 aliphatic heterocycles. The molecule has 1 unspecified atom stereocenters. The van der Waals surface area contributed by atoms with Gasteiger partial charge in [-0.1, -0.05) is 24.4 Å². The molecule has 3 aromatic rings. The van der Waals surface area contributed by atoms with Crippen LogP contribution in [-0.2, 0) is 32.3 Å². The van der Waals surface area contributed by atoms with E-state index in [1.807, 2.05) is 11.0 Å². The minimum Gasteiger partial charge on any atom is -0.377 e. The van der Waals surface area contributed by atoms with Crippen molar-refractivity contribution in [2.24, 2.45) is 7.05 Å². The average molecular weight is 850 g/mol. The number of piperazine rings is 1. The molecule has 1 aliphatic carbocycles. The van der Waals surface area contributed by atoms with Crippen LogP contribution in [0.2, 0.25) is 0 Å². The number of benzene rings is 2. The van der Waals surface area contributed by atoms with Crippen LogP contribution in [0.15, 0.2) is 36.4 Å². The number of ketones is 1. The molecule has 14 nitrogen and oxygen atoms in total. The van der Waals surface area contributed by atoms with Gasteiger partial charge in [-0.15, -0.1) is 0 Å². The Bertz CT molecular complexity index is 2240. The molecule has 4 aliphatic rings. The lowest BCUT2D eigenvalue weighted by atomic mass is 9.87. The second-order valence-corrected chi connectivity index (χ2v) is 17.3. The lowest BCUT2D eigenvalue weighted by molar-refractivity contribution is -0.138. The third-order valence-electron chi connectivity index (χ3n) is 12.5. The first-order valence-electron chi connectivity index (χ1n) is 20.3. The van der Waals surface area contributed by atoms with Crippen molar-refractivity contribution in [2.45, 2.75) is 102 Å². The monoisotopic (exact) mass is 849 g/mol. The molecule has 0 radical (unpaired) electrons. The number of nitrogens with zero attached hydrogens (tertiary/aromatic N) is 7. The van der Waals surface area contributed by atoms with E-state index in [9.17, 15) is 37.6 Å². The highest BCUT2D eigenvalue weighted by atomic mass is 32.1. The number of para-hydroxylation sites is 1. The van der Waals surface area contributed by atoms with Crippen LogP contribution < -0.4 is 15.5 Å². The number of thiocarbonyl (C=S) groups is 1. The zero-order chi connectivity index (χ0) is 43.3. The lowest BCUT2D eigenvalue weighted by Crippen LogP contribution is -2.58. The molecule has 2 aromatic carbocycles. The number of hydrogen-bond donors (Lipinski definition) is 2. The van der Waals surface area contributed by atoms with Gasteiger partial charge in [0.05, 0.1) is 64.1 Å². The number of nitriles is 1. The largest absolute Gasteiger partial charge is 0.417 e. The van der Waals surface area contributed by atoms with Gasteiger partial charge in [-0.3, -0.25) is 39.1 Å². The van der Waals surface area contributed by atoms with Crippen LogP contribution >= 0.6 is 12.2 Å². The number of rotatable bonds is 10. The molecular weight excluding hydrogens is 800 g/mol.